The second-order valence-corrected chi connectivity index (χ2v) is 13.2. The lowest BCUT2D eigenvalue weighted by Gasteiger charge is -2.33. The molecular formula is C32H38N8O2S. The summed E-state index contributed by atoms with van der Waals surface area (Å²) >= 11 is 1.73. The van der Waals surface area contributed by atoms with Crippen LogP contribution in [0, 0.1) is 19.3 Å². The van der Waals surface area contributed by atoms with Crippen molar-refractivity contribution in [3.05, 3.63) is 65.6 Å². The largest absolute Gasteiger partial charge is 0.476 e. The summed E-state index contributed by atoms with van der Waals surface area (Å²) < 4.78 is 2.03. The van der Waals surface area contributed by atoms with Crippen LogP contribution in [0.3, 0.4) is 0 Å². The highest BCUT2D eigenvalue weighted by atomic mass is 32.2. The molecule has 43 heavy (non-hydrogen) atoms. The Hall–Kier alpha value is -4.12. The lowest BCUT2D eigenvalue weighted by molar-refractivity contribution is 0.0691. The van der Waals surface area contributed by atoms with Crippen LogP contribution in [0.5, 0.6) is 0 Å². The third-order valence-corrected chi connectivity index (χ3v) is 10.1. The van der Waals surface area contributed by atoms with Gasteiger partial charge in [-0.15, -0.1) is 10.2 Å². The summed E-state index contributed by atoms with van der Waals surface area (Å²) in [6, 6.07) is 13.9. The molecule has 1 atom stereocenters. The van der Waals surface area contributed by atoms with Crippen molar-refractivity contribution in [1.29, 1.82) is 0 Å². The number of carboxylic acids is 1. The van der Waals surface area contributed by atoms with Gasteiger partial charge in [-0.2, -0.15) is 5.10 Å². The number of anilines is 4. The SMILES string of the molecule is Cc1cc(N(C)c2ccc(-c3cnn(CC4(C)CCCCC4)c3C)c(C(=O)O)n2)nnc1NC1Sc2ccccc2N1C. The van der Waals surface area contributed by atoms with Gasteiger partial charge in [0.25, 0.3) is 0 Å². The number of carbonyl (C=O) groups is 1. The Bertz CT molecular complexity index is 1670. The Labute approximate surface area is 256 Å². The second-order valence-electron chi connectivity index (χ2n) is 12.0. The predicted octanol–water partition coefficient (Wildman–Crippen LogP) is 6.73. The summed E-state index contributed by atoms with van der Waals surface area (Å²) in [5.74, 6) is 0.646. The fraction of sp³-hybridized carbons (Fsp3) is 0.406. The molecule has 3 aromatic heterocycles. The van der Waals surface area contributed by atoms with Crippen molar-refractivity contribution in [2.45, 2.75) is 69.8 Å². The molecule has 1 saturated carbocycles. The quantitative estimate of drug-likeness (QED) is 0.226. The molecule has 1 aliphatic carbocycles. The van der Waals surface area contributed by atoms with Gasteiger partial charge in [0.15, 0.2) is 22.8 Å². The van der Waals surface area contributed by atoms with E-state index in [1.807, 2.05) is 55.9 Å². The van der Waals surface area contributed by atoms with E-state index in [9.17, 15) is 9.90 Å². The lowest BCUT2D eigenvalue weighted by Crippen LogP contribution is -2.32. The number of rotatable bonds is 8. The summed E-state index contributed by atoms with van der Waals surface area (Å²) in [5.41, 5.74) is 4.61. The molecular weight excluding hydrogens is 560 g/mol. The smallest absolute Gasteiger partial charge is 0.355 e. The average molecular weight is 599 g/mol. The van der Waals surface area contributed by atoms with E-state index < -0.39 is 5.97 Å². The molecule has 1 aliphatic heterocycles. The number of aromatic nitrogens is 5. The van der Waals surface area contributed by atoms with Gasteiger partial charge in [-0.3, -0.25) is 4.68 Å². The molecule has 11 heteroatoms. The molecule has 4 aromatic rings. The van der Waals surface area contributed by atoms with Crippen molar-refractivity contribution in [1.82, 2.24) is 25.0 Å². The van der Waals surface area contributed by atoms with E-state index >= 15 is 0 Å². The Morgan fingerprint density at radius 2 is 1.86 bits per heavy atom. The second kappa shape index (κ2) is 11.5. The number of aryl methyl sites for hydroxylation is 1. The van der Waals surface area contributed by atoms with E-state index in [-0.39, 0.29) is 16.6 Å². The zero-order chi connectivity index (χ0) is 30.3. The summed E-state index contributed by atoms with van der Waals surface area (Å²) in [5, 5.41) is 27.2. The van der Waals surface area contributed by atoms with Gasteiger partial charge in [0.1, 0.15) is 5.82 Å². The zero-order valence-corrected chi connectivity index (χ0v) is 26.1. The topological polar surface area (TPSA) is 112 Å². The highest BCUT2D eigenvalue weighted by molar-refractivity contribution is 8.00. The molecule has 0 spiro atoms. The van der Waals surface area contributed by atoms with Crippen LogP contribution >= 0.6 is 11.8 Å². The van der Waals surface area contributed by atoms with E-state index in [1.54, 1.807) is 22.9 Å². The molecule has 0 saturated heterocycles. The van der Waals surface area contributed by atoms with Gasteiger partial charge in [-0.1, -0.05) is 50.1 Å². The zero-order valence-electron chi connectivity index (χ0n) is 25.3. The molecule has 4 heterocycles. The standard InChI is InChI=1S/C32H38N8O2S/c1-20-17-27(36-37-29(20)35-31-38(4)24-11-7-8-12-25(24)43-31)39(5)26-14-13-22(28(34-26)30(41)42)23-18-33-40(21(23)2)19-32(3)15-9-6-10-16-32/h7-8,11-14,17-18,31H,6,9-10,15-16,19H2,1-5H3,(H,35,37)(H,41,42). The number of hydrogen-bond acceptors (Lipinski definition) is 9. The molecule has 6 rings (SSSR count). The van der Waals surface area contributed by atoms with Crippen LogP contribution in [0.25, 0.3) is 11.1 Å². The van der Waals surface area contributed by atoms with Crippen LogP contribution in [0.4, 0.5) is 23.1 Å². The molecule has 1 fully saturated rings. The Morgan fingerprint density at radius 1 is 1.09 bits per heavy atom. The molecule has 2 N–H and O–H groups in total. The lowest BCUT2D eigenvalue weighted by atomic mass is 9.76. The van der Waals surface area contributed by atoms with E-state index in [2.05, 4.69) is 56.6 Å². The molecule has 0 bridgehead atoms. The van der Waals surface area contributed by atoms with Gasteiger partial charge in [0.2, 0.25) is 0 Å². The number of thioether (sulfide) groups is 1. The minimum Gasteiger partial charge on any atom is -0.476 e. The van der Waals surface area contributed by atoms with E-state index in [4.69, 9.17) is 0 Å². The van der Waals surface area contributed by atoms with Crippen LogP contribution in [0.1, 0.15) is 60.8 Å². The molecule has 1 unspecified atom stereocenters. The van der Waals surface area contributed by atoms with Crippen molar-refractivity contribution in [3.8, 4) is 11.1 Å². The number of carboxylic acid groups (broad SMARTS) is 1. The first-order chi connectivity index (χ1) is 20.6. The van der Waals surface area contributed by atoms with E-state index in [0.29, 0.717) is 23.0 Å². The van der Waals surface area contributed by atoms with Crippen molar-refractivity contribution >= 4 is 40.9 Å². The summed E-state index contributed by atoms with van der Waals surface area (Å²) in [6.07, 6.45) is 7.95. The Balaban J connectivity index is 1.21. The number of fused-ring (bicyclic) bond motifs is 1. The first kappa shape index (κ1) is 29.0. The highest BCUT2D eigenvalue weighted by Crippen LogP contribution is 2.42. The first-order valence-corrected chi connectivity index (χ1v) is 15.6. The Kier molecular flexibility index (Phi) is 7.76. The minimum atomic E-state index is -1.09. The third-order valence-electron chi connectivity index (χ3n) is 8.82. The summed E-state index contributed by atoms with van der Waals surface area (Å²) in [6.45, 7) is 7.16. The monoisotopic (exact) mass is 598 g/mol. The fourth-order valence-corrected chi connectivity index (χ4v) is 7.30. The maximum atomic E-state index is 12.4. The molecule has 0 amide bonds. The number of hydrogen-bond donors (Lipinski definition) is 2. The number of nitrogens with one attached hydrogen (secondary N) is 1. The van der Waals surface area contributed by atoms with Crippen LogP contribution < -0.4 is 15.1 Å². The van der Waals surface area contributed by atoms with E-state index in [1.165, 1.54) is 42.7 Å². The van der Waals surface area contributed by atoms with Crippen LogP contribution in [-0.2, 0) is 6.54 Å². The molecule has 224 valence electrons. The maximum Gasteiger partial charge on any atom is 0.355 e. The number of benzene rings is 1. The van der Waals surface area contributed by atoms with Crippen molar-refractivity contribution in [3.63, 3.8) is 0 Å². The number of aromatic carboxylic acids is 1. The first-order valence-electron chi connectivity index (χ1n) is 14.7. The minimum absolute atomic E-state index is 0.000321. The van der Waals surface area contributed by atoms with Gasteiger partial charge in [-0.25, -0.2) is 9.78 Å². The normalized spacial score (nSPS) is 17.5. The van der Waals surface area contributed by atoms with Crippen LogP contribution in [-0.4, -0.2) is 55.6 Å². The Morgan fingerprint density at radius 3 is 2.58 bits per heavy atom. The van der Waals surface area contributed by atoms with Gasteiger partial charge >= 0.3 is 5.97 Å². The molecule has 2 aliphatic rings. The van der Waals surface area contributed by atoms with E-state index in [0.717, 1.165) is 23.4 Å². The number of nitrogens with zero attached hydrogens (tertiary/aromatic N) is 7. The van der Waals surface area contributed by atoms with Crippen LogP contribution in [0.15, 0.2) is 53.6 Å². The van der Waals surface area contributed by atoms with Crippen molar-refractivity contribution in [2.75, 3.05) is 29.2 Å². The highest BCUT2D eigenvalue weighted by Gasteiger charge is 2.30. The summed E-state index contributed by atoms with van der Waals surface area (Å²) in [4.78, 5) is 22.1. The van der Waals surface area contributed by atoms with Gasteiger partial charge in [-0.05, 0) is 68.0 Å². The molecule has 10 nitrogen and oxygen atoms in total. The summed E-state index contributed by atoms with van der Waals surface area (Å²) in [7, 11) is 3.87. The average Bonchev–Trinajstić information content (AvgIpc) is 3.51. The fourth-order valence-electron chi connectivity index (χ4n) is 6.12. The molecule has 0 radical (unpaired) electrons. The van der Waals surface area contributed by atoms with Crippen molar-refractivity contribution < 1.29 is 9.90 Å². The van der Waals surface area contributed by atoms with Crippen molar-refractivity contribution in [2.24, 2.45) is 5.41 Å². The van der Waals surface area contributed by atoms with Crippen LogP contribution in [0.2, 0.25) is 0 Å². The van der Waals surface area contributed by atoms with Gasteiger partial charge in [0.05, 0.1) is 11.9 Å². The van der Waals surface area contributed by atoms with Gasteiger partial charge in [0, 0.05) is 42.4 Å². The number of para-hydroxylation sites is 1. The van der Waals surface area contributed by atoms with Gasteiger partial charge < -0.3 is 20.2 Å². The third kappa shape index (κ3) is 5.65. The predicted molar refractivity (Wildman–Crippen MR) is 171 cm³/mol. The molecule has 1 aromatic carbocycles. The number of pyridine rings is 1. The maximum absolute atomic E-state index is 12.4.